The van der Waals surface area contributed by atoms with Gasteiger partial charge in [-0.05, 0) is 18.8 Å². The fraction of sp³-hybridized carbons (Fsp3) is 0.846. The molecule has 0 saturated carbocycles. The van der Waals surface area contributed by atoms with Crippen molar-refractivity contribution in [1.29, 1.82) is 0 Å². The van der Waals surface area contributed by atoms with E-state index in [1.165, 1.54) is 6.42 Å². The van der Waals surface area contributed by atoms with Crippen LogP contribution in [0.25, 0.3) is 0 Å². The van der Waals surface area contributed by atoms with Crippen LogP contribution in [-0.4, -0.2) is 49.7 Å². The van der Waals surface area contributed by atoms with E-state index in [0.29, 0.717) is 25.2 Å². The summed E-state index contributed by atoms with van der Waals surface area (Å²) in [6.07, 6.45) is 8.93. The molecule has 0 heterocycles. The van der Waals surface area contributed by atoms with Crippen molar-refractivity contribution < 1.29 is 39.6 Å². The SMILES string of the molecule is CCCCCCCC(=O)C(CCCCCCCCCC(C)C)(C(=O)O)C(O)(CC(=O)O)C(=O)O. The van der Waals surface area contributed by atoms with E-state index in [9.17, 15) is 39.6 Å². The third-order valence-electron chi connectivity index (χ3n) is 6.65. The van der Waals surface area contributed by atoms with Gasteiger partial charge in [-0.2, -0.15) is 0 Å². The minimum absolute atomic E-state index is 0.207. The van der Waals surface area contributed by atoms with Crippen molar-refractivity contribution in [3.8, 4) is 0 Å². The summed E-state index contributed by atoms with van der Waals surface area (Å²) in [7, 11) is 0. The summed E-state index contributed by atoms with van der Waals surface area (Å²) in [6.45, 7) is 6.40. The van der Waals surface area contributed by atoms with Crippen molar-refractivity contribution in [1.82, 2.24) is 0 Å². The highest BCUT2D eigenvalue weighted by molar-refractivity contribution is 6.09. The molecule has 0 aliphatic heterocycles. The van der Waals surface area contributed by atoms with Gasteiger partial charge in [-0.1, -0.05) is 97.8 Å². The van der Waals surface area contributed by atoms with Gasteiger partial charge in [0, 0.05) is 6.42 Å². The van der Waals surface area contributed by atoms with Crippen molar-refractivity contribution >= 4 is 23.7 Å². The summed E-state index contributed by atoms with van der Waals surface area (Å²) >= 11 is 0. The zero-order chi connectivity index (χ0) is 26.2. The van der Waals surface area contributed by atoms with Crippen LogP contribution >= 0.6 is 0 Å². The first kappa shape index (κ1) is 32.0. The number of carboxylic acids is 3. The molecule has 198 valence electrons. The van der Waals surface area contributed by atoms with Crippen molar-refractivity contribution in [2.24, 2.45) is 11.3 Å². The molecule has 0 radical (unpaired) electrons. The van der Waals surface area contributed by atoms with Crippen LogP contribution in [0.1, 0.15) is 124 Å². The summed E-state index contributed by atoms with van der Waals surface area (Å²) in [5, 5.41) is 39.9. The summed E-state index contributed by atoms with van der Waals surface area (Å²) < 4.78 is 0. The molecule has 8 heteroatoms. The molecule has 0 aliphatic carbocycles. The number of aliphatic carboxylic acids is 3. The van der Waals surface area contributed by atoms with Gasteiger partial charge >= 0.3 is 17.9 Å². The molecule has 8 nitrogen and oxygen atoms in total. The molecule has 34 heavy (non-hydrogen) atoms. The molecule has 0 saturated heterocycles. The highest BCUT2D eigenvalue weighted by Gasteiger charge is 2.65. The number of carbonyl (C=O) groups is 4. The largest absolute Gasteiger partial charge is 0.481 e. The molecule has 4 N–H and O–H groups in total. The van der Waals surface area contributed by atoms with Crippen molar-refractivity contribution in [2.75, 3.05) is 0 Å². The summed E-state index contributed by atoms with van der Waals surface area (Å²) in [6, 6.07) is 0. The molecule has 2 atom stereocenters. The highest BCUT2D eigenvalue weighted by atomic mass is 16.4. The van der Waals surface area contributed by atoms with Gasteiger partial charge in [0.05, 0.1) is 6.42 Å². The molecular weight excluding hydrogens is 440 g/mol. The van der Waals surface area contributed by atoms with E-state index in [2.05, 4.69) is 13.8 Å². The van der Waals surface area contributed by atoms with Crippen LogP contribution in [0.2, 0.25) is 0 Å². The molecule has 0 spiro atoms. The van der Waals surface area contributed by atoms with Crippen LogP contribution in [0, 0.1) is 11.3 Å². The smallest absolute Gasteiger partial charge is 0.338 e. The Labute approximate surface area is 204 Å². The molecule has 0 fully saturated rings. The van der Waals surface area contributed by atoms with E-state index < -0.39 is 47.5 Å². The Balaban J connectivity index is 5.38. The van der Waals surface area contributed by atoms with E-state index in [0.717, 1.165) is 51.4 Å². The number of carbonyl (C=O) groups excluding carboxylic acids is 1. The Morgan fingerprint density at radius 2 is 1.21 bits per heavy atom. The molecule has 0 rings (SSSR count). The number of hydrogen-bond donors (Lipinski definition) is 4. The van der Waals surface area contributed by atoms with Gasteiger partial charge in [0.2, 0.25) is 0 Å². The van der Waals surface area contributed by atoms with Crippen LogP contribution in [0.15, 0.2) is 0 Å². The maximum atomic E-state index is 13.2. The second-order valence-electron chi connectivity index (χ2n) is 9.94. The number of carboxylic acid groups (broad SMARTS) is 3. The number of unbranched alkanes of at least 4 members (excludes halogenated alkanes) is 10. The average Bonchev–Trinajstić information content (AvgIpc) is 2.73. The first-order valence-electron chi connectivity index (χ1n) is 12.9. The summed E-state index contributed by atoms with van der Waals surface area (Å²) in [5.74, 6) is -5.68. The molecular formula is C26H46O8. The minimum Gasteiger partial charge on any atom is -0.481 e. The maximum Gasteiger partial charge on any atom is 0.338 e. The minimum atomic E-state index is -3.22. The quantitative estimate of drug-likeness (QED) is 0.117. The lowest BCUT2D eigenvalue weighted by Crippen LogP contribution is -2.63. The molecule has 2 unspecified atom stereocenters. The average molecular weight is 487 g/mol. The van der Waals surface area contributed by atoms with Gasteiger partial charge in [0.25, 0.3) is 0 Å². The Bertz CT molecular complexity index is 645. The lowest BCUT2D eigenvalue weighted by Gasteiger charge is -2.39. The van der Waals surface area contributed by atoms with Crippen molar-refractivity contribution in [2.45, 2.75) is 129 Å². The fourth-order valence-corrected chi connectivity index (χ4v) is 4.54. The van der Waals surface area contributed by atoms with Crippen LogP contribution in [0.3, 0.4) is 0 Å². The zero-order valence-corrected chi connectivity index (χ0v) is 21.3. The molecule has 0 aromatic rings. The first-order valence-corrected chi connectivity index (χ1v) is 12.9. The van der Waals surface area contributed by atoms with Crippen LogP contribution < -0.4 is 0 Å². The number of Topliss-reactive ketones (excluding diaryl/α,β-unsaturated/α-hetero) is 1. The standard InChI is InChI=1S/C26H46O8/c1-4-5-6-10-14-17-21(27)25(23(30)31,26(34,24(32)33)19-22(28)29)18-15-12-9-7-8-11-13-16-20(2)3/h20,34H,4-19H2,1-3H3,(H,28,29)(H,30,31)(H,32,33). The van der Waals surface area contributed by atoms with Gasteiger partial charge in [-0.3, -0.25) is 14.4 Å². The maximum absolute atomic E-state index is 13.2. The molecule has 0 aromatic carbocycles. The van der Waals surface area contributed by atoms with Crippen LogP contribution in [0.5, 0.6) is 0 Å². The van der Waals surface area contributed by atoms with Gasteiger partial charge < -0.3 is 20.4 Å². The third kappa shape index (κ3) is 10.1. The number of hydrogen-bond acceptors (Lipinski definition) is 5. The van der Waals surface area contributed by atoms with Gasteiger partial charge in [0.15, 0.2) is 16.8 Å². The third-order valence-corrected chi connectivity index (χ3v) is 6.65. The molecule has 0 bridgehead atoms. The van der Waals surface area contributed by atoms with Crippen molar-refractivity contribution in [3.63, 3.8) is 0 Å². The van der Waals surface area contributed by atoms with E-state index in [4.69, 9.17) is 0 Å². The topological polar surface area (TPSA) is 149 Å². The highest BCUT2D eigenvalue weighted by Crippen LogP contribution is 2.43. The second kappa shape index (κ2) is 16.6. The monoisotopic (exact) mass is 486 g/mol. The lowest BCUT2D eigenvalue weighted by atomic mass is 9.63. The Morgan fingerprint density at radius 3 is 1.68 bits per heavy atom. The molecule has 0 amide bonds. The van der Waals surface area contributed by atoms with Crippen molar-refractivity contribution in [3.05, 3.63) is 0 Å². The number of ketones is 1. The fourth-order valence-electron chi connectivity index (χ4n) is 4.54. The van der Waals surface area contributed by atoms with E-state index in [1.807, 2.05) is 6.92 Å². The van der Waals surface area contributed by atoms with Gasteiger partial charge in [0.1, 0.15) is 0 Å². The molecule has 0 aromatic heterocycles. The Kier molecular flexibility index (Phi) is 15.7. The summed E-state index contributed by atoms with van der Waals surface area (Å²) in [5.41, 5.74) is -5.92. The Hall–Kier alpha value is -1.96. The normalized spacial score (nSPS) is 15.0. The second-order valence-corrected chi connectivity index (χ2v) is 9.94. The lowest BCUT2D eigenvalue weighted by molar-refractivity contribution is -0.196. The van der Waals surface area contributed by atoms with Gasteiger partial charge in [-0.15, -0.1) is 0 Å². The summed E-state index contributed by atoms with van der Waals surface area (Å²) in [4.78, 5) is 48.9. The zero-order valence-electron chi connectivity index (χ0n) is 21.3. The van der Waals surface area contributed by atoms with E-state index in [1.54, 1.807) is 0 Å². The first-order chi connectivity index (χ1) is 16.0. The van der Waals surface area contributed by atoms with Crippen LogP contribution in [0.4, 0.5) is 0 Å². The molecule has 0 aliphatic rings. The Morgan fingerprint density at radius 1 is 0.706 bits per heavy atom. The predicted molar refractivity (Wildman–Crippen MR) is 130 cm³/mol. The van der Waals surface area contributed by atoms with E-state index in [-0.39, 0.29) is 12.8 Å². The van der Waals surface area contributed by atoms with Gasteiger partial charge in [-0.25, -0.2) is 4.79 Å². The number of rotatable bonds is 22. The van der Waals surface area contributed by atoms with E-state index >= 15 is 0 Å². The van der Waals surface area contributed by atoms with Crippen LogP contribution in [-0.2, 0) is 19.2 Å². The predicted octanol–water partition coefficient (Wildman–Crippen LogP) is 5.44. The number of aliphatic hydroxyl groups is 1.